The molecule has 1 aromatic heterocycles. The van der Waals surface area contributed by atoms with Gasteiger partial charge in [-0.25, -0.2) is 4.98 Å². The topological polar surface area (TPSA) is 84.2 Å². The molecule has 1 saturated carbocycles. The van der Waals surface area contributed by atoms with E-state index in [0.717, 1.165) is 43.3 Å². The van der Waals surface area contributed by atoms with Crippen LogP contribution >= 0.6 is 0 Å². The lowest BCUT2D eigenvalue weighted by Crippen LogP contribution is -2.23. The Morgan fingerprint density at radius 1 is 1.16 bits per heavy atom. The van der Waals surface area contributed by atoms with E-state index >= 15 is 0 Å². The number of benzene rings is 2. The summed E-state index contributed by atoms with van der Waals surface area (Å²) in [6.45, 7) is 0.124. The molecule has 6 nitrogen and oxygen atoms in total. The van der Waals surface area contributed by atoms with Gasteiger partial charge >= 0.3 is 6.18 Å². The van der Waals surface area contributed by atoms with Crippen LogP contribution in [-0.4, -0.2) is 33.5 Å². The van der Waals surface area contributed by atoms with Crippen LogP contribution in [0.2, 0.25) is 0 Å². The zero-order chi connectivity index (χ0) is 22.9. The van der Waals surface area contributed by atoms with E-state index in [-0.39, 0.29) is 30.1 Å². The minimum atomic E-state index is -4.56. The van der Waals surface area contributed by atoms with Crippen molar-refractivity contribution < 1.29 is 27.9 Å². The monoisotopic (exact) mass is 445 g/mol. The van der Waals surface area contributed by atoms with Gasteiger partial charge in [-0.1, -0.05) is 6.07 Å². The van der Waals surface area contributed by atoms with Gasteiger partial charge in [0.15, 0.2) is 0 Å². The number of imidazole rings is 1. The Morgan fingerprint density at radius 2 is 1.91 bits per heavy atom. The summed E-state index contributed by atoms with van der Waals surface area (Å²) in [5.41, 5.74) is 0.634. The number of carbonyl (C=O) groups excluding carboxylic acids is 2. The molecule has 2 aromatic carbocycles. The number of amides is 1. The average Bonchev–Trinajstić information content (AvgIpc) is 3.15. The van der Waals surface area contributed by atoms with Gasteiger partial charge in [0.1, 0.15) is 6.29 Å². The number of fused-ring (bicyclic) bond motifs is 1. The van der Waals surface area contributed by atoms with Crippen molar-refractivity contribution in [2.45, 2.75) is 37.9 Å². The highest BCUT2D eigenvalue weighted by Gasteiger charge is 2.31. The van der Waals surface area contributed by atoms with E-state index in [1.807, 2.05) is 4.57 Å². The Morgan fingerprint density at radius 3 is 2.56 bits per heavy atom. The van der Waals surface area contributed by atoms with E-state index < -0.39 is 17.6 Å². The van der Waals surface area contributed by atoms with Gasteiger partial charge in [-0.2, -0.15) is 13.2 Å². The molecule has 32 heavy (non-hydrogen) atoms. The predicted molar refractivity (Wildman–Crippen MR) is 113 cm³/mol. The van der Waals surface area contributed by atoms with Crippen molar-refractivity contribution in [1.82, 2.24) is 9.55 Å². The van der Waals surface area contributed by atoms with Gasteiger partial charge in [-0.05, 0) is 68.0 Å². The lowest BCUT2D eigenvalue weighted by Gasteiger charge is -2.29. The molecular weight excluding hydrogens is 423 g/mol. The first kappa shape index (κ1) is 22.0. The number of hydrogen-bond donors (Lipinski definition) is 2. The van der Waals surface area contributed by atoms with Crippen molar-refractivity contribution in [1.29, 1.82) is 0 Å². The molecule has 2 N–H and O–H groups in total. The van der Waals surface area contributed by atoms with Crippen molar-refractivity contribution in [3.05, 3.63) is 59.2 Å². The molecule has 0 atom stereocenters. The van der Waals surface area contributed by atoms with E-state index in [2.05, 4.69) is 10.3 Å². The molecule has 1 heterocycles. The second-order valence-corrected chi connectivity index (χ2v) is 8.06. The smallest absolute Gasteiger partial charge is 0.396 e. The third-order valence-corrected chi connectivity index (χ3v) is 5.97. The molecule has 1 amide bonds. The largest absolute Gasteiger partial charge is 0.416 e. The van der Waals surface area contributed by atoms with Gasteiger partial charge in [-0.3, -0.25) is 14.9 Å². The Balaban J connectivity index is 1.70. The molecule has 0 unspecified atom stereocenters. The quantitative estimate of drug-likeness (QED) is 0.551. The number of nitrogens with one attached hydrogen (secondary N) is 1. The lowest BCUT2D eigenvalue weighted by atomic mass is 9.86. The molecule has 0 aliphatic heterocycles. The maximum absolute atomic E-state index is 13.0. The van der Waals surface area contributed by atoms with Crippen LogP contribution in [0.4, 0.5) is 19.1 Å². The molecule has 4 rings (SSSR count). The average molecular weight is 445 g/mol. The molecule has 1 aliphatic rings. The summed E-state index contributed by atoms with van der Waals surface area (Å²) in [5.74, 6) is -0.254. The highest BCUT2D eigenvalue weighted by atomic mass is 19.4. The first-order valence-electron chi connectivity index (χ1n) is 10.4. The van der Waals surface area contributed by atoms with Crippen LogP contribution in [0.5, 0.6) is 0 Å². The summed E-state index contributed by atoms with van der Waals surface area (Å²) in [7, 11) is 0. The number of hydrogen-bond acceptors (Lipinski definition) is 4. The second-order valence-electron chi connectivity index (χ2n) is 8.06. The van der Waals surface area contributed by atoms with Crippen LogP contribution in [0, 0.1) is 5.92 Å². The predicted octanol–water partition coefficient (Wildman–Crippen LogP) is 4.84. The molecule has 9 heteroatoms. The zero-order valence-corrected chi connectivity index (χ0v) is 17.1. The highest BCUT2D eigenvalue weighted by Crippen LogP contribution is 2.37. The Kier molecular flexibility index (Phi) is 6.01. The minimum absolute atomic E-state index is 0.00157. The van der Waals surface area contributed by atoms with Crippen LogP contribution in [0.25, 0.3) is 11.0 Å². The number of aliphatic hydroxyl groups is 1. The summed E-state index contributed by atoms with van der Waals surface area (Å²) >= 11 is 0. The number of aromatic nitrogens is 2. The summed E-state index contributed by atoms with van der Waals surface area (Å²) in [6, 6.07) is 9.24. The summed E-state index contributed by atoms with van der Waals surface area (Å²) in [6.07, 6.45) is -0.703. The number of alkyl halides is 3. The number of carbonyl (C=O) groups is 2. The van der Waals surface area contributed by atoms with Gasteiger partial charge < -0.3 is 9.67 Å². The van der Waals surface area contributed by atoms with Gasteiger partial charge in [-0.15, -0.1) is 0 Å². The number of anilines is 1. The Bertz CT molecular complexity index is 1150. The fourth-order valence-corrected chi connectivity index (χ4v) is 4.24. The number of halogens is 3. The normalized spacial score (nSPS) is 19.1. The Hall–Kier alpha value is -3.20. The van der Waals surface area contributed by atoms with Crippen molar-refractivity contribution in [3.8, 4) is 0 Å². The molecule has 0 bridgehead atoms. The maximum atomic E-state index is 13.0. The number of rotatable bonds is 5. The Labute approximate surface area is 182 Å². The third-order valence-electron chi connectivity index (χ3n) is 5.97. The van der Waals surface area contributed by atoms with Crippen LogP contribution in [-0.2, 0) is 6.18 Å². The fourth-order valence-electron chi connectivity index (χ4n) is 4.24. The first-order valence-corrected chi connectivity index (χ1v) is 10.4. The summed E-state index contributed by atoms with van der Waals surface area (Å²) < 4.78 is 41.0. The van der Waals surface area contributed by atoms with Gasteiger partial charge in [0.2, 0.25) is 5.95 Å². The molecule has 0 saturated heterocycles. The molecular formula is C23H22F3N3O3. The van der Waals surface area contributed by atoms with Crippen LogP contribution < -0.4 is 5.32 Å². The summed E-state index contributed by atoms with van der Waals surface area (Å²) in [4.78, 5) is 28.4. The summed E-state index contributed by atoms with van der Waals surface area (Å²) in [5, 5.41) is 12.1. The van der Waals surface area contributed by atoms with E-state index in [1.54, 1.807) is 18.2 Å². The van der Waals surface area contributed by atoms with E-state index in [4.69, 9.17) is 0 Å². The molecule has 168 valence electrons. The number of aldehydes is 1. The molecule has 3 aromatic rings. The van der Waals surface area contributed by atoms with Crippen molar-refractivity contribution in [3.63, 3.8) is 0 Å². The van der Waals surface area contributed by atoms with Crippen LogP contribution in [0.1, 0.15) is 58.0 Å². The standard InChI is InChI=1S/C23H22F3N3O3/c24-23(25,26)17-3-1-2-16(11-17)21(32)28-22-27-19-10-15(13-31)6-9-20(19)29(22)18-7-4-14(12-30)5-8-18/h1-3,6,9-11,13-14,18,30H,4-5,7-8,12H2,(H,27,28,32)/t14-,18+. The molecule has 1 aliphatic carbocycles. The number of nitrogens with zero attached hydrogens (tertiary/aromatic N) is 2. The molecule has 0 spiro atoms. The van der Waals surface area contributed by atoms with E-state index in [9.17, 15) is 27.9 Å². The SMILES string of the molecule is O=Cc1ccc2c(c1)nc(NC(=O)c1cccc(C(F)(F)F)c1)n2[C@H]1CC[C@@H](CO)CC1. The van der Waals surface area contributed by atoms with E-state index in [1.165, 1.54) is 12.1 Å². The van der Waals surface area contributed by atoms with Crippen LogP contribution in [0.15, 0.2) is 42.5 Å². The molecule has 1 fully saturated rings. The zero-order valence-electron chi connectivity index (χ0n) is 17.1. The van der Waals surface area contributed by atoms with Crippen molar-refractivity contribution >= 4 is 29.2 Å². The fraction of sp³-hybridized carbons (Fsp3) is 0.348. The van der Waals surface area contributed by atoms with Gasteiger partial charge in [0.05, 0.1) is 16.6 Å². The van der Waals surface area contributed by atoms with Crippen molar-refractivity contribution in [2.75, 3.05) is 11.9 Å². The van der Waals surface area contributed by atoms with Gasteiger partial charge in [0.25, 0.3) is 5.91 Å². The first-order chi connectivity index (χ1) is 15.3. The lowest BCUT2D eigenvalue weighted by molar-refractivity contribution is -0.137. The van der Waals surface area contributed by atoms with Crippen molar-refractivity contribution in [2.24, 2.45) is 5.92 Å². The maximum Gasteiger partial charge on any atom is 0.416 e. The number of aliphatic hydroxyl groups excluding tert-OH is 1. The molecule has 0 radical (unpaired) electrons. The third kappa shape index (κ3) is 4.38. The highest BCUT2D eigenvalue weighted by molar-refractivity contribution is 6.04. The van der Waals surface area contributed by atoms with Gasteiger partial charge in [0, 0.05) is 23.8 Å². The van der Waals surface area contributed by atoms with E-state index in [0.29, 0.717) is 17.4 Å². The van der Waals surface area contributed by atoms with Crippen LogP contribution in [0.3, 0.4) is 0 Å². The minimum Gasteiger partial charge on any atom is -0.396 e. The second kappa shape index (κ2) is 8.74.